The standard InChI is InChI=1S/C10H23NO2/c1-9(2)7-11-6-5-10(3,12)8-13-4/h9,11-12H,5-8H2,1-4H3. The highest BCUT2D eigenvalue weighted by atomic mass is 16.5. The van der Waals surface area contributed by atoms with Crippen molar-refractivity contribution in [3.63, 3.8) is 0 Å². The largest absolute Gasteiger partial charge is 0.388 e. The van der Waals surface area contributed by atoms with Crippen LogP contribution in [0.15, 0.2) is 0 Å². The summed E-state index contributed by atoms with van der Waals surface area (Å²) >= 11 is 0. The van der Waals surface area contributed by atoms with Crippen LogP contribution in [0, 0.1) is 5.92 Å². The van der Waals surface area contributed by atoms with Crippen LogP contribution in [0.25, 0.3) is 0 Å². The van der Waals surface area contributed by atoms with E-state index in [-0.39, 0.29) is 0 Å². The third kappa shape index (κ3) is 8.22. The fraction of sp³-hybridized carbons (Fsp3) is 1.00. The lowest BCUT2D eigenvalue weighted by atomic mass is 10.0. The molecule has 0 amide bonds. The molecule has 0 spiro atoms. The van der Waals surface area contributed by atoms with E-state index in [4.69, 9.17) is 4.74 Å². The smallest absolute Gasteiger partial charge is 0.0864 e. The van der Waals surface area contributed by atoms with Gasteiger partial charge in [0, 0.05) is 7.11 Å². The van der Waals surface area contributed by atoms with Gasteiger partial charge in [-0.3, -0.25) is 0 Å². The zero-order valence-electron chi connectivity index (χ0n) is 9.26. The molecule has 0 bridgehead atoms. The molecule has 3 heteroatoms. The van der Waals surface area contributed by atoms with E-state index in [1.54, 1.807) is 14.0 Å². The van der Waals surface area contributed by atoms with Crippen molar-refractivity contribution in [3.8, 4) is 0 Å². The summed E-state index contributed by atoms with van der Waals surface area (Å²) in [5.41, 5.74) is -0.696. The van der Waals surface area contributed by atoms with E-state index in [2.05, 4.69) is 19.2 Å². The molecule has 0 saturated heterocycles. The van der Waals surface area contributed by atoms with Crippen LogP contribution in [0.2, 0.25) is 0 Å². The number of rotatable bonds is 7. The van der Waals surface area contributed by atoms with Crippen LogP contribution in [-0.2, 0) is 4.74 Å². The maximum Gasteiger partial charge on any atom is 0.0864 e. The summed E-state index contributed by atoms with van der Waals surface area (Å²) in [6.07, 6.45) is 0.730. The third-order valence-electron chi connectivity index (χ3n) is 1.85. The Bertz CT molecular complexity index is 124. The molecule has 3 nitrogen and oxygen atoms in total. The van der Waals surface area contributed by atoms with Gasteiger partial charge in [-0.2, -0.15) is 0 Å². The Labute approximate surface area is 81.5 Å². The Morgan fingerprint density at radius 3 is 2.54 bits per heavy atom. The summed E-state index contributed by atoms with van der Waals surface area (Å²) in [5.74, 6) is 0.660. The zero-order valence-corrected chi connectivity index (χ0v) is 9.26. The van der Waals surface area contributed by atoms with E-state index in [9.17, 15) is 5.11 Å². The molecule has 1 unspecified atom stereocenters. The SMILES string of the molecule is COCC(C)(O)CCNCC(C)C. The van der Waals surface area contributed by atoms with E-state index in [1.165, 1.54) is 0 Å². The van der Waals surface area contributed by atoms with E-state index in [0.29, 0.717) is 12.5 Å². The molecule has 0 aromatic rings. The summed E-state index contributed by atoms with van der Waals surface area (Å²) in [4.78, 5) is 0. The lowest BCUT2D eigenvalue weighted by Gasteiger charge is -2.22. The molecule has 0 aliphatic carbocycles. The van der Waals surface area contributed by atoms with Crippen molar-refractivity contribution < 1.29 is 9.84 Å². The molecule has 1 atom stereocenters. The van der Waals surface area contributed by atoms with Crippen molar-refractivity contribution in [2.45, 2.75) is 32.8 Å². The van der Waals surface area contributed by atoms with Gasteiger partial charge in [0.05, 0.1) is 12.2 Å². The Hall–Kier alpha value is -0.120. The molecule has 0 aromatic heterocycles. The molecule has 80 valence electrons. The second-order valence-corrected chi connectivity index (χ2v) is 4.28. The highest BCUT2D eigenvalue weighted by molar-refractivity contribution is 4.72. The Kier molecular flexibility index (Phi) is 6.29. The summed E-state index contributed by atoms with van der Waals surface area (Å²) in [6, 6.07) is 0. The van der Waals surface area contributed by atoms with E-state index in [0.717, 1.165) is 19.5 Å². The van der Waals surface area contributed by atoms with E-state index < -0.39 is 5.60 Å². The number of aliphatic hydroxyl groups is 1. The van der Waals surface area contributed by atoms with Gasteiger partial charge >= 0.3 is 0 Å². The predicted molar refractivity (Wildman–Crippen MR) is 54.8 cm³/mol. The van der Waals surface area contributed by atoms with E-state index >= 15 is 0 Å². The van der Waals surface area contributed by atoms with Gasteiger partial charge in [-0.1, -0.05) is 13.8 Å². The molecular formula is C10H23NO2. The molecular weight excluding hydrogens is 166 g/mol. The average molecular weight is 189 g/mol. The monoisotopic (exact) mass is 189 g/mol. The van der Waals surface area contributed by atoms with Crippen LogP contribution in [0.1, 0.15) is 27.2 Å². The summed E-state index contributed by atoms with van der Waals surface area (Å²) in [7, 11) is 1.61. The normalized spacial score (nSPS) is 16.2. The number of methoxy groups -OCH3 is 1. The molecule has 0 saturated carbocycles. The zero-order chi connectivity index (χ0) is 10.3. The van der Waals surface area contributed by atoms with Crippen molar-refractivity contribution in [1.29, 1.82) is 0 Å². The maximum absolute atomic E-state index is 9.71. The van der Waals surface area contributed by atoms with Gasteiger partial charge in [0.2, 0.25) is 0 Å². The number of nitrogens with one attached hydrogen (secondary N) is 1. The third-order valence-corrected chi connectivity index (χ3v) is 1.85. The summed E-state index contributed by atoms with van der Waals surface area (Å²) in [6.45, 7) is 8.38. The minimum atomic E-state index is -0.696. The molecule has 0 heterocycles. The second kappa shape index (κ2) is 6.35. The number of hydrogen-bond donors (Lipinski definition) is 2. The first-order chi connectivity index (χ1) is 5.98. The Morgan fingerprint density at radius 2 is 2.08 bits per heavy atom. The van der Waals surface area contributed by atoms with Gasteiger partial charge in [0.15, 0.2) is 0 Å². The van der Waals surface area contributed by atoms with Crippen molar-refractivity contribution in [3.05, 3.63) is 0 Å². The molecule has 13 heavy (non-hydrogen) atoms. The first-order valence-electron chi connectivity index (χ1n) is 4.90. The molecule has 0 aliphatic rings. The van der Waals surface area contributed by atoms with E-state index in [1.807, 2.05) is 0 Å². The van der Waals surface area contributed by atoms with Crippen LogP contribution in [-0.4, -0.2) is 37.5 Å². The van der Waals surface area contributed by atoms with Crippen molar-refractivity contribution in [2.24, 2.45) is 5.92 Å². The van der Waals surface area contributed by atoms with Gasteiger partial charge in [-0.05, 0) is 32.4 Å². The number of ether oxygens (including phenoxy) is 1. The first-order valence-corrected chi connectivity index (χ1v) is 4.90. The highest BCUT2D eigenvalue weighted by Gasteiger charge is 2.18. The fourth-order valence-electron chi connectivity index (χ4n) is 1.13. The van der Waals surface area contributed by atoms with Gasteiger partial charge in [0.25, 0.3) is 0 Å². The highest BCUT2D eigenvalue weighted by Crippen LogP contribution is 2.07. The van der Waals surface area contributed by atoms with Crippen LogP contribution in [0.4, 0.5) is 0 Å². The average Bonchev–Trinajstić information content (AvgIpc) is 1.98. The number of hydrogen-bond acceptors (Lipinski definition) is 3. The van der Waals surface area contributed by atoms with Crippen LogP contribution >= 0.6 is 0 Å². The molecule has 2 N–H and O–H groups in total. The van der Waals surface area contributed by atoms with Gasteiger partial charge in [-0.25, -0.2) is 0 Å². The summed E-state index contributed by atoms with van der Waals surface area (Å²) < 4.78 is 4.91. The van der Waals surface area contributed by atoms with Gasteiger partial charge in [-0.15, -0.1) is 0 Å². The molecule has 0 aromatic carbocycles. The molecule has 0 rings (SSSR count). The minimum absolute atomic E-state index is 0.399. The predicted octanol–water partition coefficient (Wildman–Crippen LogP) is 1.02. The van der Waals surface area contributed by atoms with Crippen molar-refractivity contribution in [1.82, 2.24) is 5.32 Å². The van der Waals surface area contributed by atoms with Crippen molar-refractivity contribution >= 4 is 0 Å². The Balaban J connectivity index is 3.40. The lowest BCUT2D eigenvalue weighted by Crippen LogP contribution is -2.35. The quantitative estimate of drug-likeness (QED) is 0.588. The molecule has 0 fully saturated rings. The van der Waals surface area contributed by atoms with Gasteiger partial charge in [0.1, 0.15) is 0 Å². The fourth-order valence-corrected chi connectivity index (χ4v) is 1.13. The first kappa shape index (κ1) is 12.9. The van der Waals surface area contributed by atoms with Crippen molar-refractivity contribution in [2.75, 3.05) is 26.8 Å². The molecule has 0 radical (unpaired) electrons. The summed E-state index contributed by atoms with van der Waals surface area (Å²) in [5, 5.41) is 13.0. The van der Waals surface area contributed by atoms with Crippen LogP contribution in [0.3, 0.4) is 0 Å². The lowest BCUT2D eigenvalue weighted by molar-refractivity contribution is -0.0221. The van der Waals surface area contributed by atoms with Crippen LogP contribution in [0.5, 0.6) is 0 Å². The minimum Gasteiger partial charge on any atom is -0.388 e. The molecule has 0 aliphatic heterocycles. The van der Waals surface area contributed by atoms with Gasteiger partial charge < -0.3 is 15.2 Å². The Morgan fingerprint density at radius 1 is 1.46 bits per heavy atom. The van der Waals surface area contributed by atoms with Crippen LogP contribution < -0.4 is 5.32 Å². The topological polar surface area (TPSA) is 41.5 Å². The second-order valence-electron chi connectivity index (χ2n) is 4.28. The maximum atomic E-state index is 9.71.